The molecule has 2 aromatic rings. The van der Waals surface area contributed by atoms with E-state index in [4.69, 9.17) is 0 Å². The van der Waals surface area contributed by atoms with Gasteiger partial charge in [-0.2, -0.15) is 0 Å². The molecule has 0 atom stereocenters. The fraction of sp³-hybridized carbons (Fsp3) is 0.458. The van der Waals surface area contributed by atoms with Gasteiger partial charge in [-0.05, 0) is 68.0 Å². The van der Waals surface area contributed by atoms with E-state index in [1.165, 1.54) is 22.3 Å². The summed E-state index contributed by atoms with van der Waals surface area (Å²) < 4.78 is 0. The predicted molar refractivity (Wildman–Crippen MR) is 113 cm³/mol. The minimum Gasteiger partial charge on any atom is -0.325 e. The number of hydrogen-bond donors (Lipinski definition) is 1. The Morgan fingerprint density at radius 2 is 1.56 bits per heavy atom. The Hall–Kier alpha value is -2.13. The Morgan fingerprint density at radius 1 is 0.963 bits per heavy atom. The molecule has 1 N–H and O–H groups in total. The molecule has 1 saturated heterocycles. The van der Waals surface area contributed by atoms with Crippen molar-refractivity contribution in [1.82, 2.24) is 4.90 Å². The van der Waals surface area contributed by atoms with E-state index in [0.29, 0.717) is 0 Å². The lowest BCUT2D eigenvalue weighted by molar-refractivity contribution is -0.121. The first-order chi connectivity index (χ1) is 13.1. The molecule has 3 nitrogen and oxygen atoms in total. The second kappa shape index (κ2) is 9.18. The van der Waals surface area contributed by atoms with Crippen LogP contribution < -0.4 is 5.32 Å². The van der Waals surface area contributed by atoms with E-state index in [-0.39, 0.29) is 11.8 Å². The van der Waals surface area contributed by atoms with Gasteiger partial charge in [0.05, 0.1) is 0 Å². The summed E-state index contributed by atoms with van der Waals surface area (Å²) in [7, 11) is 0. The number of nitrogens with one attached hydrogen (secondary N) is 1. The minimum atomic E-state index is 0.118. The summed E-state index contributed by atoms with van der Waals surface area (Å²) >= 11 is 0. The van der Waals surface area contributed by atoms with Crippen LogP contribution in [0.1, 0.15) is 48.9 Å². The van der Waals surface area contributed by atoms with E-state index < -0.39 is 0 Å². The zero-order chi connectivity index (χ0) is 19.2. The highest BCUT2D eigenvalue weighted by molar-refractivity contribution is 5.94. The molecular weight excluding hydrogens is 332 g/mol. The number of carbonyl (C=O) groups excluding carboxylic acids is 1. The fourth-order valence-electron chi connectivity index (χ4n) is 4.01. The predicted octanol–water partition coefficient (Wildman–Crippen LogP) is 4.97. The number of hydrogen-bond acceptors (Lipinski definition) is 2. The summed E-state index contributed by atoms with van der Waals surface area (Å²) in [5.41, 5.74) is 6.26. The summed E-state index contributed by atoms with van der Waals surface area (Å²) in [5.74, 6) is 0.314. The van der Waals surface area contributed by atoms with Crippen molar-refractivity contribution in [3.8, 4) is 0 Å². The quantitative estimate of drug-likeness (QED) is 0.785. The summed E-state index contributed by atoms with van der Waals surface area (Å²) in [6.07, 6.45) is 3.76. The molecule has 1 amide bonds. The van der Waals surface area contributed by atoms with Crippen molar-refractivity contribution in [3.05, 3.63) is 64.7 Å². The largest absolute Gasteiger partial charge is 0.325 e. The maximum atomic E-state index is 12.9. The Bertz CT molecular complexity index is 753. The van der Waals surface area contributed by atoms with Crippen molar-refractivity contribution >= 4 is 11.6 Å². The normalized spacial score (nSPS) is 15.7. The summed E-state index contributed by atoms with van der Waals surface area (Å²) in [6, 6.07) is 14.9. The second-order valence-corrected chi connectivity index (χ2v) is 7.62. The molecule has 0 radical (unpaired) electrons. The van der Waals surface area contributed by atoms with Crippen LogP contribution in [-0.2, 0) is 24.2 Å². The van der Waals surface area contributed by atoms with Crippen LogP contribution in [-0.4, -0.2) is 23.9 Å². The number of benzene rings is 2. The number of likely N-dealkylation sites (tertiary alicyclic amines) is 1. The van der Waals surface area contributed by atoms with Crippen LogP contribution in [0.25, 0.3) is 0 Å². The van der Waals surface area contributed by atoms with Gasteiger partial charge in [-0.3, -0.25) is 9.69 Å². The lowest BCUT2D eigenvalue weighted by Gasteiger charge is -2.32. The Kier molecular flexibility index (Phi) is 6.68. The highest BCUT2D eigenvalue weighted by Crippen LogP contribution is 2.26. The van der Waals surface area contributed by atoms with Crippen LogP contribution >= 0.6 is 0 Å². The van der Waals surface area contributed by atoms with Gasteiger partial charge in [0.25, 0.3) is 0 Å². The molecule has 3 heteroatoms. The molecule has 1 aliphatic heterocycles. The smallest absolute Gasteiger partial charge is 0.227 e. The summed E-state index contributed by atoms with van der Waals surface area (Å²) in [6.45, 7) is 9.43. The fourth-order valence-corrected chi connectivity index (χ4v) is 4.01. The molecule has 0 unspecified atom stereocenters. The first-order valence-corrected chi connectivity index (χ1v) is 10.3. The number of anilines is 1. The van der Waals surface area contributed by atoms with Crippen LogP contribution in [0.2, 0.25) is 0 Å². The van der Waals surface area contributed by atoms with Crippen molar-refractivity contribution in [3.63, 3.8) is 0 Å². The molecule has 1 fully saturated rings. The standard InChI is InChI=1S/C24H32N2O/c1-4-19-11-8-12-20(5-2)23(19)25-24(27)21-13-15-26(16-14-21)17-22-10-7-6-9-18(22)3/h6-12,21H,4-5,13-17H2,1-3H3,(H,25,27). The number of carbonyl (C=O) groups is 1. The molecule has 144 valence electrons. The number of rotatable bonds is 6. The first kappa shape index (κ1) is 19.6. The lowest BCUT2D eigenvalue weighted by Crippen LogP contribution is -2.38. The molecule has 27 heavy (non-hydrogen) atoms. The van der Waals surface area contributed by atoms with Crippen molar-refractivity contribution in [2.24, 2.45) is 5.92 Å². The molecular formula is C24H32N2O. The van der Waals surface area contributed by atoms with Crippen LogP contribution in [0, 0.1) is 12.8 Å². The molecule has 2 aromatic carbocycles. The van der Waals surface area contributed by atoms with Gasteiger partial charge in [-0.1, -0.05) is 56.3 Å². The molecule has 3 rings (SSSR count). The van der Waals surface area contributed by atoms with E-state index in [9.17, 15) is 4.79 Å². The van der Waals surface area contributed by atoms with Crippen LogP contribution in [0.4, 0.5) is 5.69 Å². The van der Waals surface area contributed by atoms with E-state index in [1.54, 1.807) is 0 Å². The van der Waals surface area contributed by atoms with Crippen molar-refractivity contribution < 1.29 is 4.79 Å². The first-order valence-electron chi connectivity index (χ1n) is 10.3. The monoisotopic (exact) mass is 364 g/mol. The minimum absolute atomic E-state index is 0.118. The van der Waals surface area contributed by atoms with Gasteiger partial charge in [0.1, 0.15) is 0 Å². The maximum Gasteiger partial charge on any atom is 0.227 e. The molecule has 1 aliphatic rings. The van der Waals surface area contributed by atoms with Gasteiger partial charge in [-0.25, -0.2) is 0 Å². The molecule has 1 heterocycles. The molecule has 0 aromatic heterocycles. The van der Waals surface area contributed by atoms with Crippen molar-refractivity contribution in [1.29, 1.82) is 0 Å². The number of nitrogens with zero attached hydrogens (tertiary/aromatic N) is 1. The molecule has 0 bridgehead atoms. The SMILES string of the molecule is CCc1cccc(CC)c1NC(=O)C1CCN(Cc2ccccc2C)CC1. The van der Waals surface area contributed by atoms with Gasteiger partial charge < -0.3 is 5.32 Å². The highest BCUT2D eigenvalue weighted by Gasteiger charge is 2.26. The average Bonchev–Trinajstić information content (AvgIpc) is 2.70. The second-order valence-electron chi connectivity index (χ2n) is 7.62. The van der Waals surface area contributed by atoms with Gasteiger partial charge in [0.15, 0.2) is 0 Å². The molecule has 0 spiro atoms. The van der Waals surface area contributed by atoms with Crippen LogP contribution in [0.3, 0.4) is 0 Å². The van der Waals surface area contributed by atoms with Gasteiger partial charge in [0, 0.05) is 18.2 Å². The summed E-state index contributed by atoms with van der Waals surface area (Å²) in [5, 5.41) is 3.27. The molecule has 0 aliphatic carbocycles. The third kappa shape index (κ3) is 4.78. The number of amides is 1. The third-order valence-electron chi connectivity index (χ3n) is 5.86. The zero-order valence-electron chi connectivity index (χ0n) is 16.9. The third-order valence-corrected chi connectivity index (χ3v) is 5.86. The summed E-state index contributed by atoms with van der Waals surface area (Å²) in [4.78, 5) is 15.4. The lowest BCUT2D eigenvalue weighted by atomic mass is 9.94. The van der Waals surface area contributed by atoms with Crippen LogP contribution in [0.5, 0.6) is 0 Å². The van der Waals surface area contributed by atoms with Crippen LogP contribution in [0.15, 0.2) is 42.5 Å². The number of aryl methyl sites for hydroxylation is 3. The highest BCUT2D eigenvalue weighted by atomic mass is 16.1. The van der Waals surface area contributed by atoms with Gasteiger partial charge in [0.2, 0.25) is 5.91 Å². The average molecular weight is 365 g/mol. The molecule has 0 saturated carbocycles. The van der Waals surface area contributed by atoms with E-state index in [2.05, 4.69) is 73.5 Å². The number of para-hydroxylation sites is 1. The van der Waals surface area contributed by atoms with Gasteiger partial charge >= 0.3 is 0 Å². The topological polar surface area (TPSA) is 32.3 Å². The zero-order valence-corrected chi connectivity index (χ0v) is 16.9. The number of piperidine rings is 1. The Balaban J connectivity index is 1.59. The maximum absolute atomic E-state index is 12.9. The Morgan fingerprint density at radius 3 is 2.15 bits per heavy atom. The van der Waals surface area contributed by atoms with Crippen molar-refractivity contribution in [2.75, 3.05) is 18.4 Å². The van der Waals surface area contributed by atoms with Gasteiger partial charge in [-0.15, -0.1) is 0 Å². The Labute approximate surface area is 163 Å². The van der Waals surface area contributed by atoms with Crippen molar-refractivity contribution in [2.45, 2.75) is 53.0 Å². The van der Waals surface area contributed by atoms with E-state index >= 15 is 0 Å². The van der Waals surface area contributed by atoms with E-state index in [1.807, 2.05) is 0 Å². The van der Waals surface area contributed by atoms with E-state index in [0.717, 1.165) is 51.0 Å².